The summed E-state index contributed by atoms with van der Waals surface area (Å²) >= 11 is 0. The van der Waals surface area contributed by atoms with Gasteiger partial charge < -0.3 is 14.1 Å². The van der Waals surface area contributed by atoms with E-state index in [9.17, 15) is 9.46 Å². The Morgan fingerprint density at radius 1 is 1.86 bits per heavy atom. The van der Waals surface area contributed by atoms with Crippen LogP contribution in [0.15, 0.2) is 0 Å². The third-order valence-corrected chi connectivity index (χ3v) is 1.20. The van der Waals surface area contributed by atoms with Crippen LogP contribution in [-0.2, 0) is 8.88 Å². The van der Waals surface area contributed by atoms with Crippen molar-refractivity contribution in [3.8, 4) is 0 Å². The van der Waals surface area contributed by atoms with E-state index in [2.05, 4.69) is 4.31 Å². The van der Waals surface area contributed by atoms with Crippen LogP contribution in [-0.4, -0.2) is 4.89 Å². The molecule has 1 N–H and O–H groups in total. The van der Waals surface area contributed by atoms with Crippen molar-refractivity contribution in [2.75, 3.05) is 0 Å². The Bertz CT molecular complexity index is 73.8. The summed E-state index contributed by atoms with van der Waals surface area (Å²) in [7, 11) is -3.03. The van der Waals surface area contributed by atoms with Crippen LogP contribution in [0.2, 0.25) is 0 Å². The van der Waals surface area contributed by atoms with Gasteiger partial charge in [0.25, 0.3) is 7.82 Å². The van der Waals surface area contributed by atoms with Gasteiger partial charge in [0.2, 0.25) is 0 Å². The molecule has 0 bridgehead atoms. The molecule has 0 aromatic rings. The molecule has 0 fully saturated rings. The first-order valence-electron chi connectivity index (χ1n) is 0.983. The molecule has 0 heterocycles. The summed E-state index contributed by atoms with van der Waals surface area (Å²) in [6.45, 7) is 0. The van der Waals surface area contributed by atoms with Crippen LogP contribution in [0.4, 0.5) is 0 Å². The van der Waals surface area contributed by atoms with Gasteiger partial charge in [0.1, 0.15) is 0 Å². The van der Waals surface area contributed by atoms with Gasteiger partial charge in [-0.1, -0.05) is 0 Å². The molecule has 0 radical (unpaired) electrons. The second kappa shape index (κ2) is 4.42. The van der Waals surface area contributed by atoms with Crippen molar-refractivity contribution < 1.29 is 48.2 Å². The van der Waals surface area contributed by atoms with Gasteiger partial charge in [-0.25, -0.2) is 0 Å². The van der Waals surface area contributed by atoms with Crippen molar-refractivity contribution in [1.29, 1.82) is 0 Å². The largest absolute Gasteiger partial charge is 1.00 e. The second-order valence-electron chi connectivity index (χ2n) is 0.574. The predicted molar refractivity (Wildman–Crippen MR) is 20.6 cm³/mol. The van der Waals surface area contributed by atoms with E-state index in [4.69, 9.17) is 4.89 Å². The first kappa shape index (κ1) is 11.4. The average Bonchev–Trinajstić information content (AvgIpc) is 1.35. The van der Waals surface area contributed by atoms with Gasteiger partial charge in [-0.3, -0.25) is 4.57 Å². The van der Waals surface area contributed by atoms with Crippen LogP contribution in [0.25, 0.3) is 0 Å². The van der Waals surface area contributed by atoms with Gasteiger partial charge in [0.15, 0.2) is 0 Å². The fourth-order valence-corrected chi connectivity index (χ4v) is 0. The maximum Gasteiger partial charge on any atom is 1.00 e. The molecule has 2 atom stereocenters. The molecule has 0 aliphatic carbocycles. The Hall–Kier alpha value is 1.54. The zero-order valence-corrected chi connectivity index (χ0v) is 7.75. The Morgan fingerprint density at radius 2 is 2.00 bits per heavy atom. The molecule has 0 aliphatic heterocycles. The fourth-order valence-electron chi connectivity index (χ4n) is 0. The maximum atomic E-state index is 9.34. The van der Waals surface area contributed by atoms with Crippen LogP contribution >= 0.6 is 17.3 Å². The van der Waals surface area contributed by atoms with Gasteiger partial charge >= 0.3 is 29.6 Å². The van der Waals surface area contributed by atoms with Crippen molar-refractivity contribution >= 4 is 17.3 Å². The summed E-state index contributed by atoms with van der Waals surface area (Å²) in [5, 5.41) is 0. The first-order valence-corrected chi connectivity index (χ1v) is 2.95. The van der Waals surface area contributed by atoms with Gasteiger partial charge in [-0.2, -0.15) is 0 Å². The van der Waals surface area contributed by atoms with Crippen LogP contribution in [0.3, 0.4) is 0 Å². The molecule has 2 unspecified atom stereocenters. The minimum Gasteiger partial charge on any atom is -0.756 e. The number of hydrogen-bond donors (Lipinski definition) is 1. The molecule has 7 heteroatoms. The molecule has 0 spiro atoms. The third kappa shape index (κ3) is 11.2. The van der Waals surface area contributed by atoms with E-state index in [1.54, 1.807) is 0 Å². The standard InChI is InChI=1S/Na.H4O4P2/c;1-6(2,3)4-5/h;5H2,(H2,1,2,3)/q+1;/p-1. The van der Waals surface area contributed by atoms with Crippen LogP contribution < -0.4 is 34.5 Å². The van der Waals surface area contributed by atoms with Crippen LogP contribution in [0.5, 0.6) is 0 Å². The van der Waals surface area contributed by atoms with Gasteiger partial charge in [0.05, 0.1) is 0 Å². The van der Waals surface area contributed by atoms with Crippen molar-refractivity contribution in [2.45, 2.75) is 0 Å². The quantitative estimate of drug-likeness (QED) is 0.309. The molecule has 0 saturated heterocycles. The summed E-state index contributed by atoms with van der Waals surface area (Å²) in [6, 6.07) is 0. The smallest absolute Gasteiger partial charge is 0.756 e. The average molecular weight is 152 g/mol. The van der Waals surface area contributed by atoms with Crippen molar-refractivity contribution in [1.82, 2.24) is 0 Å². The Morgan fingerprint density at radius 3 is 2.00 bits per heavy atom. The van der Waals surface area contributed by atoms with E-state index in [0.717, 1.165) is 0 Å². The monoisotopic (exact) mass is 152 g/mol. The van der Waals surface area contributed by atoms with E-state index in [1.807, 2.05) is 0 Å². The summed E-state index contributed by atoms with van der Waals surface area (Å²) in [4.78, 5) is 16.9. The van der Waals surface area contributed by atoms with Gasteiger partial charge in [-0.05, 0) is 0 Å². The van der Waals surface area contributed by atoms with E-state index < -0.39 is 7.82 Å². The molecule has 7 heavy (non-hydrogen) atoms. The SMILES string of the molecule is O=P([O-])(O)OP.[Na+]. The molecular weight excluding hydrogens is 149 g/mol. The van der Waals surface area contributed by atoms with Crippen LogP contribution in [0, 0.1) is 0 Å². The van der Waals surface area contributed by atoms with E-state index in [1.165, 1.54) is 9.47 Å². The van der Waals surface area contributed by atoms with Crippen molar-refractivity contribution in [3.05, 3.63) is 0 Å². The zero-order chi connectivity index (χ0) is 5.21. The molecule has 0 aliphatic rings. The summed E-state index contributed by atoms with van der Waals surface area (Å²) < 4.78 is 12.8. The minimum absolute atomic E-state index is 0. The van der Waals surface area contributed by atoms with E-state index in [-0.39, 0.29) is 29.6 Å². The summed E-state index contributed by atoms with van der Waals surface area (Å²) in [6.07, 6.45) is 0. The molecule has 0 amide bonds. The normalized spacial score (nSPS) is 17.0. The second-order valence-corrected chi connectivity index (χ2v) is 2.35. The molecule has 0 saturated carbocycles. The van der Waals surface area contributed by atoms with Gasteiger partial charge in [-0.15, -0.1) is 0 Å². The molecule has 0 rings (SSSR count). The number of rotatable bonds is 1. The maximum absolute atomic E-state index is 9.34. The van der Waals surface area contributed by atoms with Crippen LogP contribution in [0.1, 0.15) is 0 Å². The molecule has 4 nitrogen and oxygen atoms in total. The van der Waals surface area contributed by atoms with Crippen molar-refractivity contribution in [3.63, 3.8) is 0 Å². The van der Waals surface area contributed by atoms with E-state index in [0.29, 0.717) is 0 Å². The number of phosphoric acid groups is 1. The topological polar surface area (TPSA) is 69.6 Å². The Kier molecular flexibility index (Phi) is 7.17. The fraction of sp³-hybridized carbons (Fsp3) is 0. The number of hydrogen-bond acceptors (Lipinski definition) is 3. The third-order valence-electron chi connectivity index (χ3n) is 0.133. The predicted octanol–water partition coefficient (Wildman–Crippen LogP) is -3.74. The molecule has 0 aromatic carbocycles. The molecule has 38 valence electrons. The Labute approximate surface area is 65.5 Å². The summed E-state index contributed by atoms with van der Waals surface area (Å²) in [5.74, 6) is 0. The first-order chi connectivity index (χ1) is 2.56. The zero-order valence-electron chi connectivity index (χ0n) is 3.70. The molecule has 0 aromatic heterocycles. The van der Waals surface area contributed by atoms with Crippen molar-refractivity contribution in [2.24, 2.45) is 0 Å². The summed E-state index contributed by atoms with van der Waals surface area (Å²) in [5.41, 5.74) is 0. The van der Waals surface area contributed by atoms with Gasteiger partial charge in [0, 0.05) is 9.47 Å². The Balaban J connectivity index is 0. The van der Waals surface area contributed by atoms with E-state index >= 15 is 0 Å². The molecular formula is H3NaO4P2. The minimum atomic E-state index is -4.43.